The van der Waals surface area contributed by atoms with Gasteiger partial charge in [-0.15, -0.1) is 0 Å². The lowest BCUT2D eigenvalue weighted by Gasteiger charge is -2.14. The number of aromatic amines is 1. The first-order chi connectivity index (χ1) is 9.19. The minimum atomic E-state index is 0.242. The minimum Gasteiger partial charge on any atom is -0.491 e. The van der Waals surface area contributed by atoms with Crippen LogP contribution in [-0.4, -0.2) is 16.3 Å². The lowest BCUT2D eigenvalue weighted by molar-refractivity contribution is 0.217. The summed E-state index contributed by atoms with van der Waals surface area (Å²) in [4.78, 5) is 0. The van der Waals surface area contributed by atoms with Gasteiger partial charge in [0.2, 0.25) is 0 Å². The van der Waals surface area contributed by atoms with Crippen molar-refractivity contribution in [1.82, 2.24) is 10.2 Å². The number of H-pyrrole nitrogens is 1. The third-order valence-electron chi connectivity index (χ3n) is 3.16. The van der Waals surface area contributed by atoms with Gasteiger partial charge in [-0.3, -0.25) is 5.10 Å². The molecular formula is C15H21N3O. The van der Waals surface area contributed by atoms with Gasteiger partial charge in [-0.2, -0.15) is 5.10 Å². The second-order valence-electron chi connectivity index (χ2n) is 4.74. The van der Waals surface area contributed by atoms with Crippen LogP contribution >= 0.6 is 0 Å². The van der Waals surface area contributed by atoms with E-state index in [-0.39, 0.29) is 6.10 Å². The summed E-state index contributed by atoms with van der Waals surface area (Å²) in [5, 5.41) is 10.3. The smallest absolute Gasteiger partial charge is 0.121 e. The summed E-state index contributed by atoms with van der Waals surface area (Å²) in [5.74, 6) is 0.906. The molecule has 102 valence electrons. The Balaban J connectivity index is 1.97. The molecule has 1 heterocycles. The van der Waals surface area contributed by atoms with Crippen LogP contribution in [-0.2, 0) is 6.54 Å². The molecule has 1 aromatic heterocycles. The highest BCUT2D eigenvalue weighted by Crippen LogP contribution is 2.20. The van der Waals surface area contributed by atoms with E-state index in [1.165, 1.54) is 5.56 Å². The molecule has 2 N–H and O–H groups in total. The zero-order chi connectivity index (χ0) is 13.7. The van der Waals surface area contributed by atoms with Gasteiger partial charge in [0.1, 0.15) is 5.75 Å². The van der Waals surface area contributed by atoms with Crippen molar-refractivity contribution >= 4 is 5.69 Å². The van der Waals surface area contributed by atoms with Crippen LogP contribution in [0.4, 0.5) is 5.69 Å². The Morgan fingerprint density at radius 3 is 2.95 bits per heavy atom. The number of ether oxygens (including phenoxy) is 1. The molecule has 0 aliphatic heterocycles. The molecule has 0 saturated carbocycles. The highest BCUT2D eigenvalue weighted by atomic mass is 16.5. The Morgan fingerprint density at radius 1 is 1.42 bits per heavy atom. The molecule has 0 bridgehead atoms. The van der Waals surface area contributed by atoms with E-state index in [0.717, 1.165) is 30.1 Å². The molecule has 0 amide bonds. The van der Waals surface area contributed by atoms with Crippen LogP contribution < -0.4 is 10.1 Å². The topological polar surface area (TPSA) is 49.9 Å². The van der Waals surface area contributed by atoms with Gasteiger partial charge in [-0.25, -0.2) is 0 Å². The van der Waals surface area contributed by atoms with Crippen molar-refractivity contribution in [1.29, 1.82) is 0 Å². The van der Waals surface area contributed by atoms with Crippen molar-refractivity contribution in [3.8, 4) is 5.75 Å². The molecule has 0 aliphatic rings. The average Bonchev–Trinajstić information content (AvgIpc) is 2.82. The van der Waals surface area contributed by atoms with Crippen molar-refractivity contribution in [3.05, 3.63) is 41.7 Å². The van der Waals surface area contributed by atoms with E-state index in [1.54, 1.807) is 0 Å². The number of hydrogen-bond acceptors (Lipinski definition) is 3. The van der Waals surface area contributed by atoms with Gasteiger partial charge in [0.05, 0.1) is 12.3 Å². The van der Waals surface area contributed by atoms with Crippen LogP contribution in [0.15, 0.2) is 30.5 Å². The van der Waals surface area contributed by atoms with E-state index in [0.29, 0.717) is 0 Å². The van der Waals surface area contributed by atoms with E-state index in [9.17, 15) is 0 Å². The molecule has 2 rings (SSSR count). The minimum absolute atomic E-state index is 0.242. The largest absolute Gasteiger partial charge is 0.491 e. The highest BCUT2D eigenvalue weighted by molar-refractivity contribution is 5.48. The molecule has 0 spiro atoms. The number of nitrogens with one attached hydrogen (secondary N) is 2. The summed E-state index contributed by atoms with van der Waals surface area (Å²) in [6, 6.07) is 8.06. The first kappa shape index (κ1) is 13.5. The third-order valence-corrected chi connectivity index (χ3v) is 3.16. The van der Waals surface area contributed by atoms with Gasteiger partial charge in [0.25, 0.3) is 0 Å². The maximum atomic E-state index is 5.81. The summed E-state index contributed by atoms with van der Waals surface area (Å²) in [6.07, 6.45) is 3.10. The molecule has 0 radical (unpaired) electrons. The van der Waals surface area contributed by atoms with Gasteiger partial charge in [0, 0.05) is 29.6 Å². The second kappa shape index (κ2) is 6.27. The monoisotopic (exact) mass is 259 g/mol. The Kier molecular flexibility index (Phi) is 4.44. The molecule has 0 aliphatic carbocycles. The van der Waals surface area contributed by atoms with Crippen LogP contribution in [0.2, 0.25) is 0 Å². The van der Waals surface area contributed by atoms with Crippen LogP contribution in [0.5, 0.6) is 5.75 Å². The zero-order valence-electron chi connectivity index (χ0n) is 11.7. The van der Waals surface area contributed by atoms with Crippen molar-refractivity contribution < 1.29 is 4.74 Å². The predicted octanol–water partition coefficient (Wildman–Crippen LogP) is 3.51. The summed E-state index contributed by atoms with van der Waals surface area (Å²) in [7, 11) is 0. The van der Waals surface area contributed by atoms with Crippen LogP contribution in [0.1, 0.15) is 31.5 Å². The lowest BCUT2D eigenvalue weighted by atomic mass is 10.2. The molecule has 0 fully saturated rings. The standard InChI is InChI=1S/C15H21N3O/c1-4-11(2)19-15-7-5-6-14(8-15)16-9-13-10-17-18-12(13)3/h5-8,10-11,16H,4,9H2,1-3H3,(H,17,18). The maximum Gasteiger partial charge on any atom is 0.121 e. The normalized spacial score (nSPS) is 12.2. The molecule has 4 heteroatoms. The number of rotatable bonds is 6. The molecule has 1 aromatic carbocycles. The van der Waals surface area contributed by atoms with E-state index < -0.39 is 0 Å². The van der Waals surface area contributed by atoms with E-state index >= 15 is 0 Å². The van der Waals surface area contributed by atoms with Gasteiger partial charge in [-0.1, -0.05) is 13.0 Å². The molecule has 4 nitrogen and oxygen atoms in total. The Bertz CT molecular complexity index is 522. The average molecular weight is 259 g/mol. The fraction of sp³-hybridized carbons (Fsp3) is 0.400. The molecule has 0 saturated heterocycles. The van der Waals surface area contributed by atoms with Gasteiger partial charge in [0.15, 0.2) is 0 Å². The Labute approximate surface area is 114 Å². The number of aromatic nitrogens is 2. The summed E-state index contributed by atoms with van der Waals surface area (Å²) in [5.41, 5.74) is 3.33. The predicted molar refractivity (Wildman–Crippen MR) is 77.5 cm³/mol. The van der Waals surface area contributed by atoms with Gasteiger partial charge >= 0.3 is 0 Å². The number of aryl methyl sites for hydroxylation is 1. The fourth-order valence-corrected chi connectivity index (χ4v) is 1.75. The van der Waals surface area contributed by atoms with Crippen LogP contribution in [0.3, 0.4) is 0 Å². The van der Waals surface area contributed by atoms with Crippen molar-refractivity contribution in [3.63, 3.8) is 0 Å². The summed E-state index contributed by atoms with van der Waals surface area (Å²) < 4.78 is 5.81. The number of benzene rings is 1. The van der Waals surface area contributed by atoms with E-state index in [1.807, 2.05) is 37.4 Å². The fourth-order valence-electron chi connectivity index (χ4n) is 1.75. The van der Waals surface area contributed by atoms with Crippen molar-refractivity contribution in [2.75, 3.05) is 5.32 Å². The van der Waals surface area contributed by atoms with E-state index in [4.69, 9.17) is 4.74 Å². The Morgan fingerprint density at radius 2 is 2.26 bits per heavy atom. The Hall–Kier alpha value is -1.97. The summed E-state index contributed by atoms with van der Waals surface area (Å²) in [6.45, 7) is 6.98. The number of nitrogens with zero attached hydrogens (tertiary/aromatic N) is 1. The molecule has 1 unspecified atom stereocenters. The van der Waals surface area contributed by atoms with Gasteiger partial charge in [-0.05, 0) is 32.4 Å². The molecule has 2 aromatic rings. The SMILES string of the molecule is CCC(C)Oc1cccc(NCc2cn[nH]c2C)c1. The quantitative estimate of drug-likeness (QED) is 0.834. The maximum absolute atomic E-state index is 5.81. The highest BCUT2D eigenvalue weighted by Gasteiger charge is 2.03. The van der Waals surface area contributed by atoms with Crippen LogP contribution in [0.25, 0.3) is 0 Å². The van der Waals surface area contributed by atoms with Crippen LogP contribution in [0, 0.1) is 6.92 Å². The number of hydrogen-bond donors (Lipinski definition) is 2. The first-order valence-corrected chi connectivity index (χ1v) is 6.68. The third kappa shape index (κ3) is 3.74. The first-order valence-electron chi connectivity index (χ1n) is 6.68. The van der Waals surface area contributed by atoms with Gasteiger partial charge < -0.3 is 10.1 Å². The summed E-state index contributed by atoms with van der Waals surface area (Å²) >= 11 is 0. The van der Waals surface area contributed by atoms with E-state index in [2.05, 4.69) is 29.4 Å². The zero-order valence-corrected chi connectivity index (χ0v) is 11.7. The molecular weight excluding hydrogens is 238 g/mol. The van der Waals surface area contributed by atoms with Crippen molar-refractivity contribution in [2.24, 2.45) is 0 Å². The van der Waals surface area contributed by atoms with Crippen molar-refractivity contribution in [2.45, 2.75) is 39.8 Å². The molecule has 19 heavy (non-hydrogen) atoms. The second-order valence-corrected chi connectivity index (χ2v) is 4.74. The number of anilines is 1. The lowest BCUT2D eigenvalue weighted by Crippen LogP contribution is -2.09. The molecule has 1 atom stereocenters.